The zero-order valence-corrected chi connectivity index (χ0v) is 9.78. The molecule has 3 nitrogen and oxygen atoms in total. The normalized spacial score (nSPS) is 20.4. The summed E-state index contributed by atoms with van der Waals surface area (Å²) >= 11 is 0. The quantitative estimate of drug-likeness (QED) is 0.721. The van der Waals surface area contributed by atoms with E-state index in [4.69, 9.17) is 9.15 Å². The standard InChI is InChI=1S/C13H21NO2/c1(4-12-5-2-10-15-12)8-14-9-7-13-6-3-11-16-13/h3,6,11-12,14H,1-2,4-5,7-10H2. The molecule has 1 N–H and O–H groups in total. The van der Waals surface area contributed by atoms with Gasteiger partial charge in [-0.05, 0) is 44.4 Å². The fourth-order valence-corrected chi connectivity index (χ4v) is 2.12. The molecule has 1 saturated heterocycles. The van der Waals surface area contributed by atoms with E-state index < -0.39 is 0 Å². The van der Waals surface area contributed by atoms with Crippen molar-refractivity contribution in [3.63, 3.8) is 0 Å². The average Bonchev–Trinajstić information content (AvgIpc) is 2.96. The van der Waals surface area contributed by atoms with E-state index in [9.17, 15) is 0 Å². The summed E-state index contributed by atoms with van der Waals surface area (Å²) in [4.78, 5) is 0. The Morgan fingerprint density at radius 1 is 1.38 bits per heavy atom. The first-order chi connectivity index (χ1) is 7.95. The van der Waals surface area contributed by atoms with Crippen molar-refractivity contribution in [3.05, 3.63) is 24.2 Å². The smallest absolute Gasteiger partial charge is 0.105 e. The van der Waals surface area contributed by atoms with E-state index in [1.54, 1.807) is 6.26 Å². The van der Waals surface area contributed by atoms with Gasteiger partial charge in [0.15, 0.2) is 0 Å². The van der Waals surface area contributed by atoms with Crippen molar-refractivity contribution in [2.75, 3.05) is 19.7 Å². The first-order valence-corrected chi connectivity index (χ1v) is 6.30. The number of hydrogen-bond acceptors (Lipinski definition) is 3. The van der Waals surface area contributed by atoms with Crippen LogP contribution in [0.15, 0.2) is 22.8 Å². The number of ether oxygens (including phenoxy) is 1. The maximum absolute atomic E-state index is 5.58. The summed E-state index contributed by atoms with van der Waals surface area (Å²) in [6.07, 6.45) is 8.16. The van der Waals surface area contributed by atoms with E-state index >= 15 is 0 Å². The van der Waals surface area contributed by atoms with E-state index in [2.05, 4.69) is 5.32 Å². The molecule has 3 heteroatoms. The molecule has 90 valence electrons. The van der Waals surface area contributed by atoms with Crippen LogP contribution in [0.25, 0.3) is 0 Å². The molecule has 1 unspecified atom stereocenters. The first-order valence-electron chi connectivity index (χ1n) is 6.30. The van der Waals surface area contributed by atoms with Crippen molar-refractivity contribution < 1.29 is 9.15 Å². The fraction of sp³-hybridized carbons (Fsp3) is 0.692. The Labute approximate surface area is 97.2 Å². The van der Waals surface area contributed by atoms with E-state index in [1.807, 2.05) is 12.1 Å². The van der Waals surface area contributed by atoms with E-state index in [0.29, 0.717) is 6.10 Å². The Kier molecular flexibility index (Phi) is 4.90. The fourth-order valence-electron chi connectivity index (χ4n) is 2.12. The Balaban J connectivity index is 1.43. The number of nitrogens with one attached hydrogen (secondary N) is 1. The van der Waals surface area contributed by atoms with Crippen LogP contribution < -0.4 is 5.32 Å². The lowest BCUT2D eigenvalue weighted by Gasteiger charge is -2.09. The summed E-state index contributed by atoms with van der Waals surface area (Å²) in [7, 11) is 0. The summed E-state index contributed by atoms with van der Waals surface area (Å²) in [5.74, 6) is 1.06. The van der Waals surface area contributed by atoms with Crippen LogP contribution in [0.2, 0.25) is 0 Å². The third kappa shape index (κ3) is 3.99. The van der Waals surface area contributed by atoms with Crippen LogP contribution in [-0.4, -0.2) is 25.8 Å². The Morgan fingerprint density at radius 2 is 2.38 bits per heavy atom. The van der Waals surface area contributed by atoms with Gasteiger partial charge in [-0.3, -0.25) is 0 Å². The Hall–Kier alpha value is -0.800. The largest absolute Gasteiger partial charge is 0.469 e. The molecule has 2 heterocycles. The van der Waals surface area contributed by atoms with Gasteiger partial charge < -0.3 is 14.5 Å². The van der Waals surface area contributed by atoms with Crippen LogP contribution in [0.4, 0.5) is 0 Å². The summed E-state index contributed by atoms with van der Waals surface area (Å²) in [6, 6.07) is 3.96. The molecule has 0 saturated carbocycles. The summed E-state index contributed by atoms with van der Waals surface area (Å²) in [5, 5.41) is 3.43. The van der Waals surface area contributed by atoms with Crippen LogP contribution in [0.3, 0.4) is 0 Å². The minimum atomic E-state index is 0.534. The third-order valence-electron chi connectivity index (χ3n) is 3.03. The van der Waals surface area contributed by atoms with Gasteiger partial charge >= 0.3 is 0 Å². The molecule has 1 atom stereocenters. The van der Waals surface area contributed by atoms with Gasteiger partial charge in [0, 0.05) is 19.6 Å². The zero-order chi connectivity index (χ0) is 11.1. The minimum Gasteiger partial charge on any atom is -0.469 e. The summed E-state index contributed by atoms with van der Waals surface area (Å²) in [5.41, 5.74) is 0. The SMILES string of the molecule is c1coc(CCNCCCC2CCCO2)c1. The maximum Gasteiger partial charge on any atom is 0.105 e. The molecule has 0 aromatic carbocycles. The van der Waals surface area contributed by atoms with Crippen LogP contribution in [-0.2, 0) is 11.2 Å². The van der Waals surface area contributed by atoms with Gasteiger partial charge in [-0.1, -0.05) is 0 Å². The van der Waals surface area contributed by atoms with Crippen LogP contribution >= 0.6 is 0 Å². The van der Waals surface area contributed by atoms with Gasteiger partial charge in [-0.2, -0.15) is 0 Å². The highest BCUT2D eigenvalue weighted by molar-refractivity contribution is 4.98. The van der Waals surface area contributed by atoms with Gasteiger partial charge in [0.1, 0.15) is 5.76 Å². The predicted molar refractivity (Wildman–Crippen MR) is 63.5 cm³/mol. The second-order valence-electron chi connectivity index (χ2n) is 4.36. The van der Waals surface area contributed by atoms with Crippen molar-refractivity contribution in [3.8, 4) is 0 Å². The molecule has 0 amide bonds. The second kappa shape index (κ2) is 6.71. The second-order valence-corrected chi connectivity index (χ2v) is 4.36. The van der Waals surface area contributed by atoms with Gasteiger partial charge in [0.2, 0.25) is 0 Å². The molecular weight excluding hydrogens is 202 g/mol. The lowest BCUT2D eigenvalue weighted by Crippen LogP contribution is -2.19. The first kappa shape index (κ1) is 11.7. The molecule has 1 aliphatic rings. The lowest BCUT2D eigenvalue weighted by molar-refractivity contribution is 0.102. The summed E-state index contributed by atoms with van der Waals surface area (Å²) < 4.78 is 10.8. The Morgan fingerprint density at radius 3 is 3.12 bits per heavy atom. The highest BCUT2D eigenvalue weighted by atomic mass is 16.5. The van der Waals surface area contributed by atoms with Gasteiger partial charge in [0.05, 0.1) is 12.4 Å². The van der Waals surface area contributed by atoms with E-state index in [0.717, 1.165) is 31.9 Å². The van der Waals surface area contributed by atoms with Crippen molar-refractivity contribution in [2.45, 2.75) is 38.2 Å². The van der Waals surface area contributed by atoms with E-state index in [-0.39, 0.29) is 0 Å². The molecule has 0 aliphatic carbocycles. The topological polar surface area (TPSA) is 34.4 Å². The zero-order valence-electron chi connectivity index (χ0n) is 9.78. The Bertz CT molecular complexity index is 265. The molecular formula is C13H21NO2. The van der Waals surface area contributed by atoms with Crippen molar-refractivity contribution in [1.82, 2.24) is 5.32 Å². The number of hydrogen-bond donors (Lipinski definition) is 1. The maximum atomic E-state index is 5.58. The highest BCUT2D eigenvalue weighted by Crippen LogP contribution is 2.16. The highest BCUT2D eigenvalue weighted by Gasteiger charge is 2.14. The lowest BCUT2D eigenvalue weighted by atomic mass is 10.1. The summed E-state index contributed by atoms with van der Waals surface area (Å²) in [6.45, 7) is 3.05. The average molecular weight is 223 g/mol. The molecule has 1 fully saturated rings. The number of furan rings is 1. The van der Waals surface area contributed by atoms with Crippen molar-refractivity contribution in [2.24, 2.45) is 0 Å². The third-order valence-corrected chi connectivity index (χ3v) is 3.03. The van der Waals surface area contributed by atoms with Crippen molar-refractivity contribution in [1.29, 1.82) is 0 Å². The minimum absolute atomic E-state index is 0.534. The van der Waals surface area contributed by atoms with Gasteiger partial charge in [0.25, 0.3) is 0 Å². The molecule has 0 spiro atoms. The molecule has 0 radical (unpaired) electrons. The monoisotopic (exact) mass is 223 g/mol. The van der Waals surface area contributed by atoms with Crippen LogP contribution in [0.1, 0.15) is 31.4 Å². The van der Waals surface area contributed by atoms with E-state index in [1.165, 1.54) is 25.7 Å². The molecule has 1 aromatic rings. The molecule has 16 heavy (non-hydrogen) atoms. The van der Waals surface area contributed by atoms with Crippen molar-refractivity contribution >= 4 is 0 Å². The number of rotatable bonds is 7. The molecule has 1 aromatic heterocycles. The van der Waals surface area contributed by atoms with Crippen LogP contribution in [0.5, 0.6) is 0 Å². The van der Waals surface area contributed by atoms with Crippen LogP contribution in [0, 0.1) is 0 Å². The van der Waals surface area contributed by atoms with Gasteiger partial charge in [-0.25, -0.2) is 0 Å². The molecule has 0 bridgehead atoms. The van der Waals surface area contributed by atoms with Gasteiger partial charge in [-0.15, -0.1) is 0 Å². The molecule has 2 rings (SSSR count). The predicted octanol–water partition coefficient (Wildman–Crippen LogP) is 2.37. The molecule has 1 aliphatic heterocycles.